The molecule has 0 unspecified atom stereocenters. The molecule has 0 saturated heterocycles. The highest BCUT2D eigenvalue weighted by atomic mass is 15.4. The van der Waals surface area contributed by atoms with Crippen LogP contribution in [0.4, 0.5) is 5.69 Å². The number of hydrogen-bond acceptors (Lipinski definition) is 3. The van der Waals surface area contributed by atoms with Gasteiger partial charge in [0.15, 0.2) is 0 Å². The van der Waals surface area contributed by atoms with Gasteiger partial charge in [-0.1, -0.05) is 41.6 Å². The van der Waals surface area contributed by atoms with E-state index < -0.39 is 0 Å². The molecule has 0 amide bonds. The Balaban J connectivity index is 1.86. The average Bonchev–Trinajstić information content (AvgIpc) is 2.90. The average molecular weight is 264 g/mol. The second-order valence-corrected chi connectivity index (χ2v) is 4.85. The normalized spacial score (nSPS) is 10.7. The SMILES string of the molecule is Cc1ccccc1Cn1cc(-c2cccc(N)c2)nn1. The van der Waals surface area contributed by atoms with Gasteiger partial charge in [0.1, 0.15) is 5.69 Å². The molecule has 100 valence electrons. The predicted molar refractivity (Wildman–Crippen MR) is 80.2 cm³/mol. The molecule has 0 aliphatic rings. The summed E-state index contributed by atoms with van der Waals surface area (Å²) in [4.78, 5) is 0. The quantitative estimate of drug-likeness (QED) is 0.740. The topological polar surface area (TPSA) is 56.7 Å². The summed E-state index contributed by atoms with van der Waals surface area (Å²) in [6, 6.07) is 16.0. The van der Waals surface area contributed by atoms with Crippen molar-refractivity contribution in [1.82, 2.24) is 15.0 Å². The van der Waals surface area contributed by atoms with Crippen molar-refractivity contribution in [3.05, 3.63) is 65.9 Å². The van der Waals surface area contributed by atoms with Crippen LogP contribution in [0.15, 0.2) is 54.7 Å². The highest BCUT2D eigenvalue weighted by molar-refractivity contribution is 5.62. The van der Waals surface area contributed by atoms with Crippen molar-refractivity contribution in [1.29, 1.82) is 0 Å². The zero-order valence-corrected chi connectivity index (χ0v) is 11.3. The third kappa shape index (κ3) is 2.54. The van der Waals surface area contributed by atoms with E-state index in [1.807, 2.05) is 47.3 Å². The Morgan fingerprint density at radius 2 is 1.95 bits per heavy atom. The predicted octanol–water partition coefficient (Wildman–Crippen LogP) is 2.88. The van der Waals surface area contributed by atoms with E-state index in [1.165, 1.54) is 11.1 Å². The minimum absolute atomic E-state index is 0.724. The highest BCUT2D eigenvalue weighted by Crippen LogP contribution is 2.19. The van der Waals surface area contributed by atoms with Gasteiger partial charge in [0, 0.05) is 11.3 Å². The Morgan fingerprint density at radius 1 is 1.10 bits per heavy atom. The summed E-state index contributed by atoms with van der Waals surface area (Å²) in [5.74, 6) is 0. The Morgan fingerprint density at radius 3 is 2.75 bits per heavy atom. The van der Waals surface area contributed by atoms with E-state index in [0.717, 1.165) is 23.5 Å². The van der Waals surface area contributed by atoms with E-state index >= 15 is 0 Å². The molecule has 1 aromatic heterocycles. The number of nitrogen functional groups attached to an aromatic ring is 1. The summed E-state index contributed by atoms with van der Waals surface area (Å²) in [6.45, 7) is 2.83. The van der Waals surface area contributed by atoms with Crippen molar-refractivity contribution in [3.63, 3.8) is 0 Å². The smallest absolute Gasteiger partial charge is 0.113 e. The third-order valence-electron chi connectivity index (χ3n) is 3.31. The van der Waals surface area contributed by atoms with Crippen LogP contribution in [0.1, 0.15) is 11.1 Å². The van der Waals surface area contributed by atoms with E-state index in [4.69, 9.17) is 5.73 Å². The van der Waals surface area contributed by atoms with Crippen LogP contribution in [-0.4, -0.2) is 15.0 Å². The lowest BCUT2D eigenvalue weighted by Crippen LogP contribution is -2.01. The van der Waals surface area contributed by atoms with Crippen LogP contribution in [0.3, 0.4) is 0 Å². The maximum Gasteiger partial charge on any atom is 0.113 e. The van der Waals surface area contributed by atoms with Gasteiger partial charge in [0.05, 0.1) is 12.7 Å². The fourth-order valence-corrected chi connectivity index (χ4v) is 2.17. The second-order valence-electron chi connectivity index (χ2n) is 4.85. The first kappa shape index (κ1) is 12.4. The molecule has 20 heavy (non-hydrogen) atoms. The summed E-state index contributed by atoms with van der Waals surface area (Å²) in [5.41, 5.74) is 10.9. The highest BCUT2D eigenvalue weighted by Gasteiger charge is 2.05. The van der Waals surface area contributed by atoms with Crippen molar-refractivity contribution in [3.8, 4) is 11.3 Å². The first-order chi connectivity index (χ1) is 9.72. The fraction of sp³-hybridized carbons (Fsp3) is 0.125. The standard InChI is InChI=1S/C16H16N4/c1-12-5-2-3-6-14(12)10-20-11-16(18-19-20)13-7-4-8-15(17)9-13/h2-9,11H,10,17H2,1H3. The van der Waals surface area contributed by atoms with Crippen LogP contribution in [-0.2, 0) is 6.54 Å². The van der Waals surface area contributed by atoms with Gasteiger partial charge in [-0.2, -0.15) is 0 Å². The van der Waals surface area contributed by atoms with E-state index in [1.54, 1.807) is 0 Å². The first-order valence-corrected chi connectivity index (χ1v) is 6.53. The van der Waals surface area contributed by atoms with Crippen LogP contribution in [0, 0.1) is 6.92 Å². The van der Waals surface area contributed by atoms with Crippen molar-refractivity contribution in [2.45, 2.75) is 13.5 Å². The Kier molecular flexibility index (Phi) is 3.21. The lowest BCUT2D eigenvalue weighted by Gasteiger charge is -2.04. The van der Waals surface area contributed by atoms with Crippen molar-refractivity contribution >= 4 is 5.69 Å². The van der Waals surface area contributed by atoms with Crippen LogP contribution >= 0.6 is 0 Å². The fourth-order valence-electron chi connectivity index (χ4n) is 2.17. The van der Waals surface area contributed by atoms with E-state index in [0.29, 0.717) is 0 Å². The summed E-state index contributed by atoms with van der Waals surface area (Å²) in [6.07, 6.45) is 1.95. The van der Waals surface area contributed by atoms with Crippen molar-refractivity contribution < 1.29 is 0 Å². The molecule has 4 heteroatoms. The molecule has 4 nitrogen and oxygen atoms in total. The van der Waals surface area contributed by atoms with Gasteiger partial charge in [0.25, 0.3) is 0 Å². The van der Waals surface area contributed by atoms with Gasteiger partial charge >= 0.3 is 0 Å². The molecule has 2 aromatic carbocycles. The second kappa shape index (κ2) is 5.17. The molecule has 3 rings (SSSR count). The molecule has 1 heterocycles. The molecule has 0 bridgehead atoms. The summed E-state index contributed by atoms with van der Waals surface area (Å²) >= 11 is 0. The van der Waals surface area contributed by atoms with Crippen LogP contribution in [0.5, 0.6) is 0 Å². The molecule has 0 atom stereocenters. The number of benzene rings is 2. The Labute approximate surface area is 117 Å². The summed E-state index contributed by atoms with van der Waals surface area (Å²) in [5, 5.41) is 8.40. The molecule has 3 aromatic rings. The number of rotatable bonds is 3. The molecular formula is C16H16N4. The van der Waals surface area contributed by atoms with Crippen LogP contribution in [0.2, 0.25) is 0 Å². The number of anilines is 1. The molecule has 0 radical (unpaired) electrons. The molecule has 0 fully saturated rings. The maximum absolute atomic E-state index is 5.79. The van der Waals surface area contributed by atoms with E-state index in [9.17, 15) is 0 Å². The van der Waals surface area contributed by atoms with E-state index in [2.05, 4.69) is 29.4 Å². The molecule has 0 aliphatic heterocycles. The molecule has 0 saturated carbocycles. The van der Waals surface area contributed by atoms with Gasteiger partial charge in [0.2, 0.25) is 0 Å². The maximum atomic E-state index is 5.79. The summed E-state index contributed by atoms with van der Waals surface area (Å²) < 4.78 is 1.85. The zero-order chi connectivity index (χ0) is 13.9. The summed E-state index contributed by atoms with van der Waals surface area (Å²) in [7, 11) is 0. The Hall–Kier alpha value is -2.62. The number of aromatic nitrogens is 3. The monoisotopic (exact) mass is 264 g/mol. The molecule has 0 aliphatic carbocycles. The van der Waals surface area contributed by atoms with Gasteiger partial charge in [-0.25, -0.2) is 4.68 Å². The molecule has 2 N–H and O–H groups in total. The number of nitrogens with zero attached hydrogens (tertiary/aromatic N) is 3. The van der Waals surface area contributed by atoms with Crippen molar-refractivity contribution in [2.75, 3.05) is 5.73 Å². The van der Waals surface area contributed by atoms with Gasteiger partial charge in [-0.15, -0.1) is 5.10 Å². The van der Waals surface area contributed by atoms with Gasteiger partial charge in [-0.3, -0.25) is 0 Å². The molecule has 0 spiro atoms. The largest absolute Gasteiger partial charge is 0.399 e. The van der Waals surface area contributed by atoms with E-state index in [-0.39, 0.29) is 0 Å². The van der Waals surface area contributed by atoms with Gasteiger partial charge in [-0.05, 0) is 30.2 Å². The zero-order valence-electron chi connectivity index (χ0n) is 11.3. The number of hydrogen-bond donors (Lipinski definition) is 1. The lowest BCUT2D eigenvalue weighted by molar-refractivity contribution is 0.647. The van der Waals surface area contributed by atoms with Crippen LogP contribution < -0.4 is 5.73 Å². The number of nitrogens with two attached hydrogens (primary N) is 1. The third-order valence-corrected chi connectivity index (χ3v) is 3.31. The minimum atomic E-state index is 0.724. The lowest BCUT2D eigenvalue weighted by atomic mass is 10.1. The minimum Gasteiger partial charge on any atom is -0.399 e. The number of aryl methyl sites for hydroxylation is 1. The Bertz CT molecular complexity index is 731. The first-order valence-electron chi connectivity index (χ1n) is 6.53. The van der Waals surface area contributed by atoms with Gasteiger partial charge < -0.3 is 5.73 Å². The molecular weight excluding hydrogens is 248 g/mol. The van der Waals surface area contributed by atoms with Crippen LogP contribution in [0.25, 0.3) is 11.3 Å². The van der Waals surface area contributed by atoms with Crippen molar-refractivity contribution in [2.24, 2.45) is 0 Å².